The minimum absolute atomic E-state index is 0.0252. The number of nitrogens with two attached hydrogens (primary N) is 1. The first-order valence-corrected chi connectivity index (χ1v) is 5.96. The third-order valence-electron chi connectivity index (χ3n) is 3.08. The molecule has 0 unspecified atom stereocenters. The number of hydrogen-bond donors (Lipinski definition) is 4. The van der Waals surface area contributed by atoms with E-state index in [1.807, 2.05) is 0 Å². The summed E-state index contributed by atoms with van der Waals surface area (Å²) >= 11 is 0. The third kappa shape index (κ3) is 2.57. The van der Waals surface area contributed by atoms with E-state index >= 15 is 0 Å². The van der Waals surface area contributed by atoms with E-state index in [4.69, 9.17) is 21.6 Å². The number of nitriles is 1. The van der Waals surface area contributed by atoms with Crippen LogP contribution in [0.3, 0.4) is 0 Å². The van der Waals surface area contributed by atoms with Gasteiger partial charge in [0.05, 0.1) is 5.70 Å². The van der Waals surface area contributed by atoms with Gasteiger partial charge in [0, 0.05) is 23.4 Å². The van der Waals surface area contributed by atoms with E-state index in [-0.39, 0.29) is 29.2 Å². The fourth-order valence-electron chi connectivity index (χ4n) is 1.94. The van der Waals surface area contributed by atoms with Crippen molar-refractivity contribution in [2.45, 2.75) is 13.3 Å². The van der Waals surface area contributed by atoms with Gasteiger partial charge in [0.1, 0.15) is 17.3 Å². The monoisotopic (exact) mass is 284 g/mol. The Hall–Kier alpha value is -3.21. The van der Waals surface area contributed by atoms with Crippen LogP contribution in [-0.2, 0) is 6.42 Å². The molecule has 1 aliphatic rings. The van der Waals surface area contributed by atoms with Gasteiger partial charge in [-0.1, -0.05) is 5.16 Å². The van der Waals surface area contributed by atoms with Gasteiger partial charge >= 0.3 is 0 Å². The van der Waals surface area contributed by atoms with Crippen LogP contribution in [0, 0.1) is 16.7 Å². The Labute approximate surface area is 119 Å². The standard InChI is InChI=1S/C13H12N6O2/c1-6-9(10(15)11(16)12(17-6)19-21)4-8-3-2-7(5-14)13(20)18-8/h2-3,16,21H,4,15H2,1H3,(H,18,20)/b16-11?,19-12+. The number of aromatic nitrogens is 1. The van der Waals surface area contributed by atoms with Crippen LogP contribution in [0.25, 0.3) is 0 Å². The van der Waals surface area contributed by atoms with Crippen LogP contribution in [0.15, 0.2) is 38.3 Å². The number of dihydropyridines is 1. The first-order chi connectivity index (χ1) is 9.97. The highest BCUT2D eigenvalue weighted by molar-refractivity contribution is 6.50. The summed E-state index contributed by atoms with van der Waals surface area (Å²) in [4.78, 5) is 18.1. The molecular formula is C13H12N6O2. The molecule has 8 heteroatoms. The van der Waals surface area contributed by atoms with Crippen molar-refractivity contribution in [3.8, 4) is 6.07 Å². The zero-order valence-corrected chi connectivity index (χ0v) is 11.1. The SMILES string of the molecule is CC1=N/C(=N/O)C(=N)C(N)=C1Cc1ccc(C#N)c(=O)[nH]1. The molecule has 2 heterocycles. The molecule has 106 valence electrons. The number of aliphatic imine (C=N–C) groups is 1. The van der Waals surface area contributed by atoms with E-state index in [0.717, 1.165) is 0 Å². The van der Waals surface area contributed by atoms with Crippen molar-refractivity contribution in [3.63, 3.8) is 0 Å². The molecule has 1 aliphatic heterocycles. The van der Waals surface area contributed by atoms with E-state index in [2.05, 4.69) is 15.1 Å². The second-order valence-electron chi connectivity index (χ2n) is 4.40. The summed E-state index contributed by atoms with van der Waals surface area (Å²) in [6.07, 6.45) is 0.253. The normalized spacial score (nSPS) is 16.9. The number of pyridine rings is 1. The molecule has 2 rings (SSSR count). The number of amidine groups is 1. The number of nitrogens with zero attached hydrogens (tertiary/aromatic N) is 3. The molecule has 0 amide bonds. The van der Waals surface area contributed by atoms with Crippen molar-refractivity contribution >= 4 is 17.3 Å². The van der Waals surface area contributed by atoms with Crippen molar-refractivity contribution in [2.75, 3.05) is 0 Å². The van der Waals surface area contributed by atoms with Crippen LogP contribution >= 0.6 is 0 Å². The number of nitrogens with one attached hydrogen (secondary N) is 2. The maximum atomic E-state index is 11.6. The van der Waals surface area contributed by atoms with Gasteiger partial charge in [-0.2, -0.15) is 5.26 Å². The fourth-order valence-corrected chi connectivity index (χ4v) is 1.94. The lowest BCUT2D eigenvalue weighted by atomic mass is 9.97. The molecule has 0 fully saturated rings. The summed E-state index contributed by atoms with van der Waals surface area (Å²) in [5, 5.41) is 28.1. The summed E-state index contributed by atoms with van der Waals surface area (Å²) in [6.45, 7) is 1.67. The maximum absolute atomic E-state index is 11.6. The lowest BCUT2D eigenvalue weighted by Gasteiger charge is -2.17. The average molecular weight is 284 g/mol. The highest BCUT2D eigenvalue weighted by Crippen LogP contribution is 2.16. The molecular weight excluding hydrogens is 272 g/mol. The molecule has 0 bridgehead atoms. The number of allylic oxidation sites excluding steroid dienone is 1. The Kier molecular flexibility index (Phi) is 3.67. The van der Waals surface area contributed by atoms with Crippen LogP contribution in [0.2, 0.25) is 0 Å². The first kappa shape index (κ1) is 14.2. The summed E-state index contributed by atoms with van der Waals surface area (Å²) in [6, 6.07) is 4.81. The summed E-state index contributed by atoms with van der Waals surface area (Å²) in [5.74, 6) is -0.151. The van der Waals surface area contributed by atoms with Gasteiger partial charge in [-0.25, -0.2) is 4.99 Å². The summed E-state index contributed by atoms with van der Waals surface area (Å²) in [5.41, 5.74) is 6.98. The zero-order chi connectivity index (χ0) is 15.6. The van der Waals surface area contributed by atoms with Crippen LogP contribution in [0.1, 0.15) is 18.2 Å². The van der Waals surface area contributed by atoms with E-state index in [9.17, 15) is 4.79 Å². The molecule has 21 heavy (non-hydrogen) atoms. The minimum Gasteiger partial charge on any atom is -0.409 e. The third-order valence-corrected chi connectivity index (χ3v) is 3.08. The molecule has 0 spiro atoms. The van der Waals surface area contributed by atoms with E-state index < -0.39 is 5.56 Å². The van der Waals surface area contributed by atoms with Crippen molar-refractivity contribution in [2.24, 2.45) is 15.9 Å². The molecule has 0 radical (unpaired) electrons. The lowest BCUT2D eigenvalue weighted by Crippen LogP contribution is -2.29. The lowest BCUT2D eigenvalue weighted by molar-refractivity contribution is 0.319. The minimum atomic E-state index is -0.479. The van der Waals surface area contributed by atoms with E-state index in [1.54, 1.807) is 19.1 Å². The molecule has 0 atom stereocenters. The second-order valence-corrected chi connectivity index (χ2v) is 4.40. The topological polar surface area (TPSA) is 151 Å². The van der Waals surface area contributed by atoms with Gasteiger partial charge in [0.15, 0.2) is 0 Å². The second kappa shape index (κ2) is 5.42. The summed E-state index contributed by atoms with van der Waals surface area (Å²) < 4.78 is 0. The first-order valence-electron chi connectivity index (χ1n) is 5.96. The predicted molar refractivity (Wildman–Crippen MR) is 76.8 cm³/mol. The highest BCUT2D eigenvalue weighted by Gasteiger charge is 2.22. The van der Waals surface area contributed by atoms with Gasteiger partial charge in [-0.3, -0.25) is 10.2 Å². The Bertz CT molecular complexity index is 807. The van der Waals surface area contributed by atoms with E-state index in [1.165, 1.54) is 6.07 Å². The van der Waals surface area contributed by atoms with Crippen LogP contribution < -0.4 is 11.3 Å². The average Bonchev–Trinajstić information content (AvgIpc) is 2.47. The van der Waals surface area contributed by atoms with Gasteiger partial charge in [0.25, 0.3) is 5.56 Å². The molecule has 8 nitrogen and oxygen atoms in total. The highest BCUT2D eigenvalue weighted by atomic mass is 16.4. The van der Waals surface area contributed by atoms with Crippen molar-refractivity contribution in [3.05, 3.63) is 45.0 Å². The fraction of sp³-hybridized carbons (Fsp3) is 0.154. The molecule has 1 aromatic heterocycles. The van der Waals surface area contributed by atoms with Crippen molar-refractivity contribution in [1.29, 1.82) is 10.7 Å². The largest absolute Gasteiger partial charge is 0.409 e. The quantitative estimate of drug-likeness (QED) is 0.455. The van der Waals surface area contributed by atoms with Gasteiger partial charge in [0.2, 0.25) is 5.84 Å². The smallest absolute Gasteiger partial charge is 0.266 e. The zero-order valence-electron chi connectivity index (χ0n) is 11.1. The van der Waals surface area contributed by atoms with Crippen molar-refractivity contribution in [1.82, 2.24) is 4.98 Å². The molecule has 0 saturated carbocycles. The number of aromatic amines is 1. The molecule has 0 aromatic carbocycles. The van der Waals surface area contributed by atoms with Crippen LogP contribution in [-0.4, -0.2) is 27.5 Å². The predicted octanol–water partition coefficient (Wildman–Crippen LogP) is 0.284. The maximum Gasteiger partial charge on any atom is 0.266 e. The molecule has 1 aromatic rings. The van der Waals surface area contributed by atoms with Crippen molar-refractivity contribution < 1.29 is 5.21 Å². The van der Waals surface area contributed by atoms with Gasteiger partial charge in [-0.05, 0) is 19.1 Å². The van der Waals surface area contributed by atoms with Gasteiger partial charge in [-0.15, -0.1) is 0 Å². The van der Waals surface area contributed by atoms with Gasteiger partial charge < -0.3 is 15.9 Å². The van der Waals surface area contributed by atoms with E-state index in [0.29, 0.717) is 17.0 Å². The number of hydrogen-bond acceptors (Lipinski definition) is 6. The Morgan fingerprint density at radius 3 is 2.86 bits per heavy atom. The number of rotatable bonds is 2. The Morgan fingerprint density at radius 2 is 2.29 bits per heavy atom. The molecule has 5 N–H and O–H groups in total. The Balaban J connectivity index is 2.40. The molecule has 0 saturated heterocycles. The molecule has 0 aliphatic carbocycles. The number of H-pyrrole nitrogens is 1. The summed E-state index contributed by atoms with van der Waals surface area (Å²) in [7, 11) is 0. The van der Waals surface area contributed by atoms with Crippen LogP contribution in [0.4, 0.5) is 0 Å². The van der Waals surface area contributed by atoms with Crippen LogP contribution in [0.5, 0.6) is 0 Å². The number of oxime groups is 1. The Morgan fingerprint density at radius 1 is 1.57 bits per heavy atom.